The highest BCUT2D eigenvalue weighted by molar-refractivity contribution is 6.00. The zero-order chi connectivity index (χ0) is 86.0. The fraction of sp³-hybridized carbons (Fsp3) is 0.105. The summed E-state index contributed by atoms with van der Waals surface area (Å²) in [4.78, 5) is 63.9. The molecule has 0 atom stereocenters. The van der Waals surface area contributed by atoms with Crippen LogP contribution in [0.25, 0.3) is 203 Å². The highest BCUT2D eigenvalue weighted by Crippen LogP contribution is 2.49. The summed E-state index contributed by atoms with van der Waals surface area (Å²) in [7, 11) is 0. The molecule has 0 unspecified atom stereocenters. The van der Waals surface area contributed by atoms with Gasteiger partial charge in [-0.3, -0.25) is 15.0 Å². The van der Waals surface area contributed by atoms with E-state index in [1.165, 1.54) is 16.7 Å². The van der Waals surface area contributed by atoms with Gasteiger partial charge in [0.05, 0.1) is 17.1 Å². The van der Waals surface area contributed by atoms with Crippen molar-refractivity contribution in [3.8, 4) is 203 Å². The van der Waals surface area contributed by atoms with Gasteiger partial charge in [-0.15, -0.1) is 0 Å². The van der Waals surface area contributed by atoms with E-state index in [2.05, 4.69) is 317 Å². The molecule has 6 aromatic heterocycles. The lowest BCUT2D eigenvalue weighted by atomic mass is 9.84. The van der Waals surface area contributed by atoms with Crippen molar-refractivity contribution in [2.75, 3.05) is 0 Å². The topological polar surface area (TPSA) is 155 Å². The third-order valence-electron chi connectivity index (χ3n) is 23.2. The number of pyridine rings is 3. The van der Waals surface area contributed by atoms with Gasteiger partial charge in [-0.05, 0) is 172 Å². The van der Waals surface area contributed by atoms with Crippen LogP contribution in [0.15, 0.2) is 383 Å². The Kier molecular flexibility index (Phi) is 21.6. The van der Waals surface area contributed by atoms with E-state index in [1.807, 2.05) is 128 Å². The van der Waals surface area contributed by atoms with Crippen molar-refractivity contribution in [2.24, 2.45) is 0 Å². The van der Waals surface area contributed by atoms with Gasteiger partial charge in [0, 0.05) is 85.4 Å². The van der Waals surface area contributed by atoms with E-state index in [0.717, 1.165) is 151 Å². The molecule has 0 radical (unpaired) electrons. The summed E-state index contributed by atoms with van der Waals surface area (Å²) in [6.45, 7) is 20.1. The van der Waals surface area contributed by atoms with Gasteiger partial charge in [-0.25, -0.2) is 44.9 Å². The summed E-state index contributed by atoms with van der Waals surface area (Å²) in [5, 5.41) is 0. The summed E-state index contributed by atoms with van der Waals surface area (Å²) in [6, 6.07) is 127. The van der Waals surface area contributed by atoms with Crippen molar-refractivity contribution in [3.05, 3.63) is 399 Å². The summed E-state index contributed by atoms with van der Waals surface area (Å²) >= 11 is 0. The molecule has 6 heterocycles. The molecule has 13 aromatic carbocycles. The molecule has 19 rings (SSSR count). The first-order chi connectivity index (χ1) is 61.3. The normalized spacial score (nSPS) is 11.7. The van der Waals surface area contributed by atoms with Gasteiger partial charge in [0.25, 0.3) is 0 Å². The Morgan fingerprint density at radius 2 is 0.333 bits per heavy atom. The third-order valence-corrected chi connectivity index (χ3v) is 23.2. The minimum atomic E-state index is -0.148. The Morgan fingerprint density at radius 3 is 0.548 bits per heavy atom. The maximum absolute atomic E-state index is 5.50. The molecule has 0 saturated carbocycles. The standard InChI is InChI=1S/C114H90N12/c1-112(2,3)85-58-61-115-100(70-85)79-52-55-94(97(67-79)109-121-103(73-34-16-10-17-35-73)118-104(122-109)74-36-18-11-19-37-74)91-49-31-28-46-88(91)82-64-83(89-47-29-32-50-92(89)95-56-53-80(101-71-86(59-62-116-101)113(4,5)6)68-98(95)110-123-105(75-38-20-12-21-39-75)119-106(124-110)76-40-22-13-23-41-76)66-84(65-82)90-48-30-33-51-93(90)96-57-54-81(102-72-87(60-63-117-102)114(7,8)9)69-99(96)111-125-107(77-42-24-14-25-43-77)120-108(126-111)78-44-26-15-27-45-78/h10-72H,1-9H3. The zero-order valence-corrected chi connectivity index (χ0v) is 71.7. The predicted octanol–water partition coefficient (Wildman–Crippen LogP) is 28.3. The Labute approximate surface area is 735 Å². The van der Waals surface area contributed by atoms with Crippen molar-refractivity contribution in [1.82, 2.24) is 59.8 Å². The fourth-order valence-corrected chi connectivity index (χ4v) is 16.3. The molecule has 0 bridgehead atoms. The molecule has 0 fully saturated rings. The van der Waals surface area contributed by atoms with E-state index in [9.17, 15) is 0 Å². The van der Waals surface area contributed by atoms with E-state index in [0.29, 0.717) is 52.4 Å². The Hall–Kier alpha value is -15.7. The maximum Gasteiger partial charge on any atom is 0.164 e. The van der Waals surface area contributed by atoms with Crippen molar-refractivity contribution < 1.29 is 0 Å². The van der Waals surface area contributed by atoms with Crippen LogP contribution in [-0.4, -0.2) is 59.8 Å². The first-order valence-electron chi connectivity index (χ1n) is 42.7. The first-order valence-corrected chi connectivity index (χ1v) is 42.7. The third kappa shape index (κ3) is 16.8. The fourth-order valence-electron chi connectivity index (χ4n) is 16.3. The van der Waals surface area contributed by atoms with Gasteiger partial charge in [0.1, 0.15) is 0 Å². The summed E-state index contributed by atoms with van der Waals surface area (Å²) < 4.78 is 0. The van der Waals surface area contributed by atoms with Crippen molar-refractivity contribution in [2.45, 2.75) is 78.6 Å². The highest BCUT2D eigenvalue weighted by Gasteiger charge is 2.28. The highest BCUT2D eigenvalue weighted by atomic mass is 15.1. The van der Waals surface area contributed by atoms with Gasteiger partial charge in [-0.1, -0.05) is 353 Å². The molecule has 0 aliphatic carbocycles. The van der Waals surface area contributed by atoms with Crippen molar-refractivity contribution in [1.29, 1.82) is 0 Å². The lowest BCUT2D eigenvalue weighted by Gasteiger charge is -2.21. The maximum atomic E-state index is 5.50. The van der Waals surface area contributed by atoms with Crippen LogP contribution in [0.1, 0.15) is 79.0 Å². The molecule has 19 aromatic rings. The van der Waals surface area contributed by atoms with E-state index < -0.39 is 0 Å². The number of nitrogens with zero attached hydrogens (tertiary/aromatic N) is 12. The second-order valence-corrected chi connectivity index (χ2v) is 34.9. The molecule has 0 N–H and O–H groups in total. The molecule has 0 saturated heterocycles. The van der Waals surface area contributed by atoms with E-state index in [1.54, 1.807) is 0 Å². The van der Waals surface area contributed by atoms with Crippen LogP contribution in [0.3, 0.4) is 0 Å². The van der Waals surface area contributed by atoms with Gasteiger partial charge < -0.3 is 0 Å². The van der Waals surface area contributed by atoms with Crippen LogP contribution in [0.4, 0.5) is 0 Å². The molecule has 0 amide bonds. The summed E-state index contributed by atoms with van der Waals surface area (Å²) in [5.41, 5.74) is 27.1. The van der Waals surface area contributed by atoms with Gasteiger partial charge in [0.2, 0.25) is 0 Å². The van der Waals surface area contributed by atoms with Crippen LogP contribution >= 0.6 is 0 Å². The van der Waals surface area contributed by atoms with Crippen LogP contribution in [0.2, 0.25) is 0 Å². The van der Waals surface area contributed by atoms with Crippen LogP contribution < -0.4 is 0 Å². The zero-order valence-electron chi connectivity index (χ0n) is 71.7. The molecular formula is C114H90N12. The lowest BCUT2D eigenvalue weighted by molar-refractivity contribution is 0.589. The molecule has 12 heteroatoms. The second-order valence-electron chi connectivity index (χ2n) is 34.9. The summed E-state index contributed by atoms with van der Waals surface area (Å²) in [6.07, 6.45) is 5.74. The van der Waals surface area contributed by atoms with Crippen LogP contribution in [0, 0.1) is 0 Å². The Balaban J connectivity index is 0.878. The SMILES string of the molecule is CC(C)(C)c1ccnc(-c2ccc(-c3ccccc3-c3cc(-c4ccccc4-c4ccc(-c5cc(C(C)(C)C)ccn5)cc4-c4nc(-c5ccccc5)nc(-c5ccccc5)n4)cc(-c4ccccc4-c4ccc(-c5cc(C(C)(C)C)ccn5)cc4-c4nc(-c5ccccc5)nc(-c5ccccc5)n4)c3)c(-c3nc(-c4ccccc4)nc(-c4ccccc4)n3)c2)c1. The van der Waals surface area contributed by atoms with Gasteiger partial charge >= 0.3 is 0 Å². The quantitative estimate of drug-likeness (QED) is 0.0803. The lowest BCUT2D eigenvalue weighted by Crippen LogP contribution is -2.11. The number of benzene rings is 13. The Bertz CT molecular complexity index is 6370. The predicted molar refractivity (Wildman–Crippen MR) is 514 cm³/mol. The second kappa shape index (κ2) is 34.0. The minimum Gasteiger partial charge on any atom is -0.256 e. The van der Waals surface area contributed by atoms with E-state index >= 15 is 0 Å². The largest absolute Gasteiger partial charge is 0.256 e. The molecule has 0 spiro atoms. The van der Waals surface area contributed by atoms with Crippen molar-refractivity contribution in [3.63, 3.8) is 0 Å². The Morgan fingerprint density at radius 1 is 0.143 bits per heavy atom. The van der Waals surface area contributed by atoms with E-state index in [4.69, 9.17) is 59.8 Å². The molecule has 606 valence electrons. The number of hydrogen-bond acceptors (Lipinski definition) is 12. The number of aromatic nitrogens is 12. The number of hydrogen-bond donors (Lipinski definition) is 0. The first kappa shape index (κ1) is 80.1. The van der Waals surface area contributed by atoms with Gasteiger partial charge in [-0.2, -0.15) is 0 Å². The van der Waals surface area contributed by atoms with Gasteiger partial charge in [0.15, 0.2) is 52.4 Å². The van der Waals surface area contributed by atoms with Crippen LogP contribution in [0.5, 0.6) is 0 Å². The smallest absolute Gasteiger partial charge is 0.164 e. The number of rotatable bonds is 18. The van der Waals surface area contributed by atoms with E-state index in [-0.39, 0.29) is 16.2 Å². The molecule has 0 aliphatic heterocycles. The average molecular weight is 1630 g/mol. The van der Waals surface area contributed by atoms with Crippen molar-refractivity contribution >= 4 is 0 Å². The molecule has 0 aliphatic rings. The molecule has 12 nitrogen and oxygen atoms in total. The average Bonchev–Trinajstić information content (AvgIpc) is 0.757. The van der Waals surface area contributed by atoms with Crippen LogP contribution in [-0.2, 0) is 16.2 Å². The molecular weight excluding hydrogens is 1540 g/mol. The molecule has 126 heavy (non-hydrogen) atoms. The minimum absolute atomic E-state index is 0.148. The monoisotopic (exact) mass is 1630 g/mol. The summed E-state index contributed by atoms with van der Waals surface area (Å²) in [5.74, 6) is 4.81.